The van der Waals surface area contributed by atoms with Gasteiger partial charge in [0, 0.05) is 25.1 Å². The fraction of sp³-hybridized carbons (Fsp3) is 0.333. The second-order valence-electron chi connectivity index (χ2n) is 6.68. The second-order valence-corrected chi connectivity index (χ2v) is 6.68. The van der Waals surface area contributed by atoms with Crippen molar-refractivity contribution >= 4 is 16.7 Å². The summed E-state index contributed by atoms with van der Waals surface area (Å²) >= 11 is 0. The van der Waals surface area contributed by atoms with E-state index in [-0.39, 0.29) is 18.7 Å². The Hall–Kier alpha value is -3.14. The predicted molar refractivity (Wildman–Crippen MR) is 107 cm³/mol. The van der Waals surface area contributed by atoms with Crippen LogP contribution in [0.4, 0.5) is 23.4 Å². The number of alkyl halides is 3. The molecule has 0 aliphatic carbocycles. The minimum atomic E-state index is -4.64. The number of hydrogen-bond donors (Lipinski definition) is 1. The molecular weight excluding hydrogens is 418 g/mol. The Morgan fingerprint density at radius 1 is 0.968 bits per heavy atom. The Kier molecular flexibility index (Phi) is 6.79. The number of fused-ring (bicyclic) bond motifs is 1. The van der Waals surface area contributed by atoms with Crippen LogP contribution in [0.2, 0.25) is 0 Å². The summed E-state index contributed by atoms with van der Waals surface area (Å²) in [6.07, 6.45) is -4.64. The van der Waals surface area contributed by atoms with E-state index >= 15 is 0 Å². The van der Waals surface area contributed by atoms with Crippen LogP contribution in [0.1, 0.15) is 17.0 Å². The number of nitrogens with one attached hydrogen (secondary N) is 1. The Morgan fingerprint density at radius 2 is 1.74 bits per heavy atom. The van der Waals surface area contributed by atoms with Crippen molar-refractivity contribution in [2.45, 2.75) is 19.6 Å². The molecule has 10 heteroatoms. The molecule has 1 N–H and O–H groups in total. The van der Waals surface area contributed by atoms with Crippen molar-refractivity contribution in [1.29, 1.82) is 0 Å². The minimum absolute atomic E-state index is 0.0711. The molecule has 0 saturated carbocycles. The first-order valence-electron chi connectivity index (χ1n) is 9.30. The van der Waals surface area contributed by atoms with E-state index in [1.54, 1.807) is 26.2 Å². The van der Waals surface area contributed by atoms with Crippen LogP contribution < -0.4 is 14.8 Å². The highest BCUT2D eigenvalue weighted by molar-refractivity contribution is 5.91. The molecule has 0 unspecified atom stereocenters. The maximum Gasteiger partial charge on any atom is 0.416 e. The largest absolute Gasteiger partial charge is 0.493 e. The number of hydrogen-bond acceptors (Lipinski definition) is 6. The topological polar surface area (TPSA) is 65.5 Å². The van der Waals surface area contributed by atoms with E-state index in [0.717, 1.165) is 12.1 Å². The summed E-state index contributed by atoms with van der Waals surface area (Å²) in [5.41, 5.74) is -0.366. The van der Waals surface area contributed by atoms with Crippen molar-refractivity contribution in [3.8, 4) is 11.5 Å². The molecule has 166 valence electrons. The third-order valence-electron chi connectivity index (χ3n) is 4.38. The van der Waals surface area contributed by atoms with E-state index in [4.69, 9.17) is 14.2 Å². The summed E-state index contributed by atoms with van der Waals surface area (Å²) in [7, 11) is 3.05. The first-order valence-corrected chi connectivity index (χ1v) is 9.30. The Bertz CT molecular complexity index is 1070. The maximum atomic E-state index is 13.7. The number of aromatic nitrogens is 2. The fourth-order valence-electron chi connectivity index (χ4n) is 3.00. The van der Waals surface area contributed by atoms with Crippen molar-refractivity contribution in [2.75, 3.05) is 32.8 Å². The van der Waals surface area contributed by atoms with Gasteiger partial charge in [0.25, 0.3) is 0 Å². The van der Waals surface area contributed by atoms with Gasteiger partial charge in [0.2, 0.25) is 0 Å². The Balaban J connectivity index is 1.94. The molecule has 6 nitrogen and oxygen atoms in total. The van der Waals surface area contributed by atoms with Crippen molar-refractivity contribution in [3.05, 3.63) is 53.1 Å². The van der Waals surface area contributed by atoms with Gasteiger partial charge in [-0.3, -0.25) is 0 Å². The summed E-state index contributed by atoms with van der Waals surface area (Å²) in [5, 5.41) is 3.55. The van der Waals surface area contributed by atoms with E-state index in [2.05, 4.69) is 15.3 Å². The van der Waals surface area contributed by atoms with Gasteiger partial charge < -0.3 is 19.5 Å². The number of methoxy groups -OCH3 is 2. The first kappa shape index (κ1) is 22.5. The molecule has 0 radical (unpaired) electrons. The lowest BCUT2D eigenvalue weighted by Crippen LogP contribution is -2.09. The zero-order chi connectivity index (χ0) is 22.6. The third kappa shape index (κ3) is 5.52. The van der Waals surface area contributed by atoms with E-state index in [0.29, 0.717) is 46.7 Å². The number of nitrogens with zero attached hydrogens (tertiary/aromatic N) is 2. The highest BCUT2D eigenvalue weighted by Gasteiger charge is 2.31. The number of halogens is 4. The fourth-order valence-corrected chi connectivity index (χ4v) is 3.00. The van der Waals surface area contributed by atoms with Crippen molar-refractivity contribution in [2.24, 2.45) is 0 Å². The van der Waals surface area contributed by atoms with Crippen molar-refractivity contribution < 1.29 is 31.8 Å². The molecule has 0 bridgehead atoms. The normalized spacial score (nSPS) is 11.6. The zero-order valence-electron chi connectivity index (χ0n) is 17.1. The molecule has 1 heterocycles. The van der Waals surface area contributed by atoms with Gasteiger partial charge in [-0.2, -0.15) is 13.2 Å². The molecule has 31 heavy (non-hydrogen) atoms. The molecule has 3 rings (SSSR count). The van der Waals surface area contributed by atoms with Crippen LogP contribution in [0.15, 0.2) is 30.3 Å². The third-order valence-corrected chi connectivity index (χ3v) is 4.38. The van der Waals surface area contributed by atoms with E-state index in [1.165, 1.54) is 7.11 Å². The quantitative estimate of drug-likeness (QED) is 0.404. The van der Waals surface area contributed by atoms with Gasteiger partial charge in [-0.1, -0.05) is 0 Å². The lowest BCUT2D eigenvalue weighted by Gasteiger charge is -2.15. The molecule has 0 fully saturated rings. The Labute approximate surface area is 176 Å². The lowest BCUT2D eigenvalue weighted by molar-refractivity contribution is -0.137. The number of aryl methyl sites for hydroxylation is 1. The highest BCUT2D eigenvalue weighted by atomic mass is 19.4. The molecule has 3 aromatic rings. The van der Waals surface area contributed by atoms with Crippen LogP contribution in [0.3, 0.4) is 0 Å². The first-order chi connectivity index (χ1) is 14.7. The summed E-state index contributed by atoms with van der Waals surface area (Å²) in [6, 6.07) is 5.76. The summed E-state index contributed by atoms with van der Waals surface area (Å²) in [5.74, 6) is 0.758. The molecular formula is C21H21F4N3O3. The van der Waals surface area contributed by atoms with Crippen LogP contribution in [-0.4, -0.2) is 37.4 Å². The van der Waals surface area contributed by atoms with Gasteiger partial charge in [-0.05, 0) is 36.8 Å². The molecule has 0 atom stereocenters. The van der Waals surface area contributed by atoms with Gasteiger partial charge in [-0.15, -0.1) is 0 Å². The van der Waals surface area contributed by atoms with Crippen LogP contribution in [0.25, 0.3) is 10.9 Å². The smallest absolute Gasteiger partial charge is 0.416 e. The van der Waals surface area contributed by atoms with Gasteiger partial charge in [0.15, 0.2) is 11.5 Å². The lowest BCUT2D eigenvalue weighted by atomic mass is 10.1. The van der Waals surface area contributed by atoms with Crippen molar-refractivity contribution in [3.63, 3.8) is 0 Å². The van der Waals surface area contributed by atoms with Gasteiger partial charge >= 0.3 is 6.18 Å². The standard InChI is InChI=1S/C21H21F4N3O3/c1-12-27-17-10-18(30-3)19(31-5-4-29-2)9-16(17)20(28-12)26-11-13-6-14(21(23,24)25)8-15(22)7-13/h6-10H,4-5,11H2,1-3H3,(H,26,27,28). The van der Waals surface area contributed by atoms with Crippen LogP contribution >= 0.6 is 0 Å². The molecule has 0 amide bonds. The molecule has 0 aliphatic heterocycles. The SMILES string of the molecule is COCCOc1cc2c(NCc3cc(F)cc(C(F)(F)F)c3)nc(C)nc2cc1OC. The van der Waals surface area contributed by atoms with Crippen LogP contribution in [-0.2, 0) is 17.5 Å². The molecule has 0 saturated heterocycles. The highest BCUT2D eigenvalue weighted by Crippen LogP contribution is 2.35. The molecule has 2 aromatic carbocycles. The van der Waals surface area contributed by atoms with Gasteiger partial charge in [0.05, 0.1) is 24.8 Å². The van der Waals surface area contributed by atoms with Gasteiger partial charge in [-0.25, -0.2) is 14.4 Å². The van der Waals surface area contributed by atoms with Crippen molar-refractivity contribution in [1.82, 2.24) is 9.97 Å². The number of ether oxygens (including phenoxy) is 3. The van der Waals surface area contributed by atoms with Crippen LogP contribution in [0.5, 0.6) is 11.5 Å². The zero-order valence-corrected chi connectivity index (χ0v) is 17.1. The number of benzene rings is 2. The number of anilines is 1. The maximum absolute atomic E-state index is 13.7. The summed E-state index contributed by atoms with van der Waals surface area (Å²) < 4.78 is 68.6. The second kappa shape index (κ2) is 9.34. The minimum Gasteiger partial charge on any atom is -0.493 e. The van der Waals surface area contributed by atoms with Gasteiger partial charge in [0.1, 0.15) is 24.1 Å². The van der Waals surface area contributed by atoms with E-state index < -0.39 is 17.6 Å². The monoisotopic (exact) mass is 439 g/mol. The molecule has 0 spiro atoms. The van der Waals surface area contributed by atoms with Crippen LogP contribution in [0, 0.1) is 12.7 Å². The predicted octanol–water partition coefficient (Wildman–Crippen LogP) is 4.74. The van der Waals surface area contributed by atoms with E-state index in [1.807, 2.05) is 0 Å². The Morgan fingerprint density at radius 3 is 2.42 bits per heavy atom. The average molecular weight is 439 g/mol. The number of rotatable bonds is 8. The summed E-state index contributed by atoms with van der Waals surface area (Å²) in [6.45, 7) is 2.28. The molecule has 1 aromatic heterocycles. The average Bonchev–Trinajstić information content (AvgIpc) is 2.70. The summed E-state index contributed by atoms with van der Waals surface area (Å²) in [4.78, 5) is 8.72. The molecule has 0 aliphatic rings. The van der Waals surface area contributed by atoms with E-state index in [9.17, 15) is 17.6 Å².